The Balaban J connectivity index is 1.68. The molecule has 5 rings (SSSR count). The van der Waals surface area contributed by atoms with Gasteiger partial charge in [0, 0.05) is 37.5 Å². The first-order valence-corrected chi connectivity index (χ1v) is 13.0. The first-order valence-electron chi connectivity index (χ1n) is 10.5. The Morgan fingerprint density at radius 1 is 0.806 bits per heavy atom. The lowest BCUT2D eigenvalue weighted by molar-refractivity contribution is -0.173. The van der Waals surface area contributed by atoms with Crippen LogP contribution in [0.5, 0.6) is 0 Å². The Morgan fingerprint density at radius 2 is 1.32 bits per heavy atom. The second kappa shape index (κ2) is 6.93. The van der Waals surface area contributed by atoms with Crippen LogP contribution in [-0.2, 0) is 19.2 Å². The van der Waals surface area contributed by atoms with Gasteiger partial charge >= 0.3 is 0 Å². The van der Waals surface area contributed by atoms with Crippen molar-refractivity contribution in [2.75, 3.05) is 12.5 Å². The van der Waals surface area contributed by atoms with Crippen LogP contribution in [0.15, 0.2) is 0 Å². The van der Waals surface area contributed by atoms with Gasteiger partial charge in [0.25, 0.3) is 11.8 Å². The first kappa shape index (κ1) is 21.7. The van der Waals surface area contributed by atoms with Crippen LogP contribution in [0.1, 0.15) is 32.1 Å². The van der Waals surface area contributed by atoms with Gasteiger partial charge in [-0.25, -0.2) is 0 Å². The number of hydrogen-bond donors (Lipinski definition) is 3. The normalized spacial score (nSPS) is 49.1. The van der Waals surface area contributed by atoms with Gasteiger partial charge in [-0.2, -0.15) is 0 Å². The average Bonchev–Trinajstić information content (AvgIpc) is 3.30. The lowest BCUT2D eigenvalue weighted by Crippen LogP contribution is -2.75. The lowest BCUT2D eigenvalue weighted by atomic mass is 9.79. The molecule has 0 aromatic heterocycles. The van der Waals surface area contributed by atoms with Gasteiger partial charge in [-0.15, -0.1) is 23.5 Å². The largest absolute Gasteiger partial charge is 0.391 e. The predicted molar refractivity (Wildman–Crippen MR) is 112 cm³/mol. The molecule has 5 aliphatic rings. The molecule has 9 atom stereocenters. The second-order valence-electron chi connectivity index (χ2n) is 9.23. The smallest absolute Gasteiger partial charge is 0.261 e. The first-order chi connectivity index (χ1) is 14.6. The van der Waals surface area contributed by atoms with E-state index in [4.69, 9.17) is 0 Å². The summed E-state index contributed by atoms with van der Waals surface area (Å²) in [6.07, 6.45) is 0.238. The molecular formula is C20H26N2O7S2. The minimum Gasteiger partial charge on any atom is -0.391 e. The van der Waals surface area contributed by atoms with E-state index in [2.05, 4.69) is 0 Å². The Bertz CT molecular complexity index is 886. The molecule has 3 heterocycles. The topological polar surface area (TPSA) is 135 Å². The summed E-state index contributed by atoms with van der Waals surface area (Å²) >= 11 is 2.30. The number of Topliss-reactive ketones (excluding diaryl/α,β-unsaturated/α-hetero) is 2. The van der Waals surface area contributed by atoms with E-state index in [9.17, 15) is 34.5 Å². The van der Waals surface area contributed by atoms with Gasteiger partial charge in [0.2, 0.25) is 0 Å². The summed E-state index contributed by atoms with van der Waals surface area (Å²) in [7, 11) is 0. The predicted octanol–water partition coefficient (Wildman–Crippen LogP) is -1.03. The van der Waals surface area contributed by atoms with Gasteiger partial charge < -0.3 is 25.1 Å². The van der Waals surface area contributed by atoms with Crippen molar-refractivity contribution in [2.24, 2.45) is 11.8 Å². The highest BCUT2D eigenvalue weighted by atomic mass is 32.2. The van der Waals surface area contributed by atoms with Crippen molar-refractivity contribution in [3.63, 3.8) is 0 Å². The quantitative estimate of drug-likeness (QED) is 0.463. The number of aliphatic hydroxyl groups is 3. The van der Waals surface area contributed by atoms with Gasteiger partial charge in [0.1, 0.15) is 17.7 Å². The van der Waals surface area contributed by atoms with Crippen LogP contribution in [-0.4, -0.2) is 101 Å². The molecule has 3 aliphatic heterocycles. The molecule has 3 saturated heterocycles. The zero-order valence-corrected chi connectivity index (χ0v) is 18.9. The third-order valence-electron chi connectivity index (χ3n) is 8.04. The van der Waals surface area contributed by atoms with Crippen molar-refractivity contribution >= 4 is 46.9 Å². The number of amides is 2. The molecule has 0 bridgehead atoms. The molecule has 11 heteroatoms. The molecular weight excluding hydrogens is 444 g/mol. The maximum Gasteiger partial charge on any atom is 0.261 e. The van der Waals surface area contributed by atoms with E-state index in [1.807, 2.05) is 0 Å². The number of ketones is 2. The fourth-order valence-electron chi connectivity index (χ4n) is 6.56. The zero-order chi connectivity index (χ0) is 22.5. The number of aliphatic hydroxyl groups excluding tert-OH is 3. The SMILES string of the molecule is CS[C@@]12C[C@H]3C(=O)C[C@H](O)[C@H](O)[C@H]3N1C(=O)[C@]1(SC)C[C@H]3C(=O)CC[C@H](O)[C@H]3N1C2=O. The number of nitrogens with zero attached hydrogens (tertiary/aromatic N) is 2. The van der Waals surface area contributed by atoms with Crippen molar-refractivity contribution in [3.05, 3.63) is 0 Å². The van der Waals surface area contributed by atoms with E-state index < -0.39 is 63.8 Å². The van der Waals surface area contributed by atoms with Crippen LogP contribution in [0.25, 0.3) is 0 Å². The highest BCUT2D eigenvalue weighted by Crippen LogP contribution is 2.60. The van der Waals surface area contributed by atoms with Crippen LogP contribution in [0.4, 0.5) is 0 Å². The van der Waals surface area contributed by atoms with Crippen molar-refractivity contribution in [1.82, 2.24) is 9.80 Å². The Kier molecular flexibility index (Phi) is 4.85. The van der Waals surface area contributed by atoms with E-state index in [-0.39, 0.29) is 43.7 Å². The minimum absolute atomic E-state index is 0.0500. The van der Waals surface area contributed by atoms with Crippen molar-refractivity contribution in [1.29, 1.82) is 0 Å². The number of thioether (sulfide) groups is 2. The molecule has 170 valence electrons. The number of hydrogen-bond acceptors (Lipinski definition) is 9. The standard InChI is InChI=1S/C20H26N2O7S2/c1-30-19-6-8-10(23)3-4-11(24)14(8)21(19)17(28)20(31-2)7-9-12(25)5-13(26)16(27)15(9)22(20)18(19)29/h8-9,11,13-16,24,26-27H,3-7H2,1-2H3/t8-,9-,11-,13-,14-,15-,16-,19+,20+/m0/s1. The summed E-state index contributed by atoms with van der Waals surface area (Å²) in [4.78, 5) is 53.6. The summed E-state index contributed by atoms with van der Waals surface area (Å²) in [5.74, 6) is -2.53. The third kappa shape index (κ3) is 2.47. The molecule has 2 saturated carbocycles. The lowest BCUT2D eigenvalue weighted by Gasteiger charge is -2.55. The Morgan fingerprint density at radius 3 is 1.87 bits per heavy atom. The average molecular weight is 471 g/mol. The summed E-state index contributed by atoms with van der Waals surface area (Å²) in [6, 6.07) is -1.76. The highest BCUT2D eigenvalue weighted by Gasteiger charge is 2.75. The van der Waals surface area contributed by atoms with Gasteiger partial charge in [0.05, 0.1) is 24.3 Å². The molecule has 2 aliphatic carbocycles. The van der Waals surface area contributed by atoms with E-state index in [1.165, 1.54) is 9.80 Å². The molecule has 3 N–H and O–H groups in total. The van der Waals surface area contributed by atoms with Crippen LogP contribution in [0.2, 0.25) is 0 Å². The number of piperazine rings is 1. The fraction of sp³-hybridized carbons (Fsp3) is 0.800. The maximum absolute atomic E-state index is 14.1. The monoisotopic (exact) mass is 470 g/mol. The number of fused-ring (bicyclic) bond motifs is 6. The molecule has 31 heavy (non-hydrogen) atoms. The van der Waals surface area contributed by atoms with E-state index in [0.29, 0.717) is 0 Å². The number of rotatable bonds is 2. The third-order valence-corrected chi connectivity index (χ3v) is 10.5. The van der Waals surface area contributed by atoms with Crippen LogP contribution >= 0.6 is 23.5 Å². The molecule has 0 aromatic rings. The van der Waals surface area contributed by atoms with Gasteiger partial charge in [-0.3, -0.25) is 19.2 Å². The summed E-state index contributed by atoms with van der Waals surface area (Å²) in [6.45, 7) is 0. The van der Waals surface area contributed by atoms with E-state index in [1.54, 1.807) is 12.5 Å². The van der Waals surface area contributed by atoms with Crippen molar-refractivity contribution in [2.45, 2.75) is 72.2 Å². The maximum atomic E-state index is 14.1. The summed E-state index contributed by atoms with van der Waals surface area (Å²) < 4.78 is 0. The number of carbonyl (C=O) groups is 4. The Hall–Kier alpha value is -1.14. The molecule has 0 unspecified atom stereocenters. The summed E-state index contributed by atoms with van der Waals surface area (Å²) in [5, 5.41) is 31.8. The van der Waals surface area contributed by atoms with Gasteiger partial charge in [-0.1, -0.05) is 0 Å². The highest BCUT2D eigenvalue weighted by molar-refractivity contribution is 8.01. The minimum atomic E-state index is -1.42. The fourth-order valence-corrected chi connectivity index (χ4v) is 8.60. The Labute approximate surface area is 187 Å². The molecule has 5 fully saturated rings. The van der Waals surface area contributed by atoms with Gasteiger partial charge in [-0.05, 0) is 18.9 Å². The summed E-state index contributed by atoms with van der Waals surface area (Å²) in [5.41, 5.74) is 0. The zero-order valence-electron chi connectivity index (χ0n) is 17.3. The van der Waals surface area contributed by atoms with Crippen LogP contribution in [0.3, 0.4) is 0 Å². The number of carbonyl (C=O) groups excluding carboxylic acids is 4. The van der Waals surface area contributed by atoms with E-state index in [0.717, 1.165) is 23.5 Å². The molecule has 0 spiro atoms. The molecule has 2 amide bonds. The van der Waals surface area contributed by atoms with Crippen LogP contribution < -0.4 is 0 Å². The van der Waals surface area contributed by atoms with E-state index >= 15 is 0 Å². The van der Waals surface area contributed by atoms with Gasteiger partial charge in [0.15, 0.2) is 9.74 Å². The molecule has 0 aromatic carbocycles. The van der Waals surface area contributed by atoms with Crippen molar-refractivity contribution in [3.8, 4) is 0 Å². The molecule has 0 radical (unpaired) electrons. The van der Waals surface area contributed by atoms with Crippen molar-refractivity contribution < 1.29 is 34.5 Å². The second-order valence-corrected chi connectivity index (χ2v) is 11.4. The molecule has 9 nitrogen and oxygen atoms in total. The van der Waals surface area contributed by atoms with Crippen LogP contribution in [0, 0.1) is 11.8 Å².